The Bertz CT molecular complexity index is 355. The van der Waals surface area contributed by atoms with Gasteiger partial charge in [0.2, 0.25) is 0 Å². The molecule has 0 amide bonds. The summed E-state index contributed by atoms with van der Waals surface area (Å²) in [6, 6.07) is 4.90. The Hall–Kier alpha value is -1.07. The number of hydrogen-bond donors (Lipinski definition) is 3. The van der Waals surface area contributed by atoms with Crippen molar-refractivity contribution in [3.8, 4) is 0 Å². The quantitative estimate of drug-likeness (QED) is 0.718. The lowest BCUT2D eigenvalue weighted by Gasteiger charge is -2.06. The number of halogens is 1. The van der Waals surface area contributed by atoms with E-state index in [1.165, 1.54) is 0 Å². The molecular weight excluding hydrogens is 262 g/mol. The number of carbonyl (C=O) groups is 1. The third-order valence-electron chi connectivity index (χ3n) is 1.81. The van der Waals surface area contributed by atoms with E-state index in [1.54, 1.807) is 18.2 Å². The molecule has 3 N–H and O–H groups in total. The van der Waals surface area contributed by atoms with Crippen LogP contribution in [0.1, 0.15) is 16.8 Å². The van der Waals surface area contributed by atoms with Crippen molar-refractivity contribution < 1.29 is 15.0 Å². The molecule has 0 atom stereocenters. The summed E-state index contributed by atoms with van der Waals surface area (Å²) in [7, 11) is 0. The van der Waals surface area contributed by atoms with Gasteiger partial charge in [-0.1, -0.05) is 15.9 Å². The van der Waals surface area contributed by atoms with Gasteiger partial charge in [-0.2, -0.15) is 0 Å². The van der Waals surface area contributed by atoms with Gasteiger partial charge in [-0.05, 0) is 24.6 Å². The van der Waals surface area contributed by atoms with Crippen molar-refractivity contribution in [2.75, 3.05) is 18.5 Å². The molecule has 1 rings (SSSR count). The highest BCUT2D eigenvalue weighted by Gasteiger charge is 2.05. The lowest BCUT2D eigenvalue weighted by atomic mass is 10.2. The van der Waals surface area contributed by atoms with Crippen molar-refractivity contribution >= 4 is 27.6 Å². The summed E-state index contributed by atoms with van der Waals surface area (Å²) >= 11 is 3.24. The van der Waals surface area contributed by atoms with Crippen LogP contribution in [0.3, 0.4) is 0 Å². The molecule has 82 valence electrons. The first-order valence-corrected chi connectivity index (χ1v) is 5.31. The third-order valence-corrected chi connectivity index (χ3v) is 2.27. The van der Waals surface area contributed by atoms with E-state index < -0.39 is 5.97 Å². The predicted octanol–water partition coefficient (Wildman–Crippen LogP) is 1.94. The van der Waals surface area contributed by atoms with E-state index in [0.717, 1.165) is 5.69 Å². The van der Waals surface area contributed by atoms with Crippen LogP contribution < -0.4 is 5.32 Å². The molecule has 4 nitrogen and oxygen atoms in total. The summed E-state index contributed by atoms with van der Waals surface area (Å²) < 4.78 is 0.717. The van der Waals surface area contributed by atoms with E-state index in [4.69, 9.17) is 10.2 Å². The van der Waals surface area contributed by atoms with Crippen LogP contribution in [0.2, 0.25) is 0 Å². The highest BCUT2D eigenvalue weighted by atomic mass is 79.9. The molecule has 1 aromatic carbocycles. The molecule has 0 radical (unpaired) electrons. The van der Waals surface area contributed by atoms with Crippen molar-refractivity contribution in [1.82, 2.24) is 0 Å². The lowest BCUT2D eigenvalue weighted by molar-refractivity contribution is 0.0697. The number of aliphatic hydroxyl groups excluding tert-OH is 1. The number of hydrogen-bond acceptors (Lipinski definition) is 3. The maximum Gasteiger partial charge on any atom is 0.335 e. The molecule has 0 unspecified atom stereocenters. The van der Waals surface area contributed by atoms with Crippen LogP contribution in [0.4, 0.5) is 5.69 Å². The molecule has 0 aliphatic carbocycles. The first kappa shape index (κ1) is 12.0. The van der Waals surface area contributed by atoms with E-state index in [9.17, 15) is 4.79 Å². The number of carboxylic acid groups (broad SMARTS) is 1. The fraction of sp³-hybridized carbons (Fsp3) is 0.300. The molecule has 1 aromatic rings. The third kappa shape index (κ3) is 3.89. The first-order valence-electron chi connectivity index (χ1n) is 4.52. The van der Waals surface area contributed by atoms with Gasteiger partial charge in [-0.3, -0.25) is 0 Å². The van der Waals surface area contributed by atoms with Gasteiger partial charge in [0.05, 0.1) is 5.56 Å². The summed E-state index contributed by atoms with van der Waals surface area (Å²) in [6.07, 6.45) is 0.634. The maximum atomic E-state index is 10.7. The zero-order valence-electron chi connectivity index (χ0n) is 8.03. The van der Waals surface area contributed by atoms with Crippen molar-refractivity contribution in [3.63, 3.8) is 0 Å². The lowest BCUT2D eigenvalue weighted by Crippen LogP contribution is -2.05. The smallest absolute Gasteiger partial charge is 0.335 e. The topological polar surface area (TPSA) is 69.6 Å². The van der Waals surface area contributed by atoms with Crippen LogP contribution >= 0.6 is 15.9 Å². The molecule has 0 spiro atoms. The van der Waals surface area contributed by atoms with Gasteiger partial charge >= 0.3 is 5.97 Å². The van der Waals surface area contributed by atoms with Gasteiger partial charge in [0.1, 0.15) is 0 Å². The molecule has 0 bridgehead atoms. The van der Waals surface area contributed by atoms with Crippen molar-refractivity contribution in [2.24, 2.45) is 0 Å². The summed E-state index contributed by atoms with van der Waals surface area (Å²) in [5.41, 5.74) is 0.964. The van der Waals surface area contributed by atoms with Crippen molar-refractivity contribution in [2.45, 2.75) is 6.42 Å². The summed E-state index contributed by atoms with van der Waals surface area (Å²) in [6.45, 7) is 0.735. The molecular formula is C10H12BrNO3. The Morgan fingerprint density at radius 2 is 2.13 bits per heavy atom. The molecule has 0 fully saturated rings. The molecule has 15 heavy (non-hydrogen) atoms. The number of rotatable bonds is 5. The molecule has 0 aromatic heterocycles. The minimum Gasteiger partial charge on any atom is -0.478 e. The second-order valence-corrected chi connectivity index (χ2v) is 3.95. The summed E-state index contributed by atoms with van der Waals surface area (Å²) in [5, 5.41) is 20.4. The Labute approximate surface area is 96.1 Å². The first-order chi connectivity index (χ1) is 7.13. The number of benzene rings is 1. The molecule has 0 aliphatic rings. The second kappa shape index (κ2) is 5.72. The minimum atomic E-state index is -0.957. The van der Waals surface area contributed by atoms with Gasteiger partial charge in [0, 0.05) is 23.3 Å². The normalized spacial score (nSPS) is 10.0. The highest BCUT2D eigenvalue weighted by molar-refractivity contribution is 9.10. The second-order valence-electron chi connectivity index (χ2n) is 3.04. The SMILES string of the molecule is O=C(O)c1cc(Br)cc(NCCCO)c1. The van der Waals surface area contributed by atoms with E-state index in [-0.39, 0.29) is 12.2 Å². The fourth-order valence-corrected chi connectivity index (χ4v) is 1.62. The Morgan fingerprint density at radius 3 is 2.73 bits per heavy atom. The van der Waals surface area contributed by atoms with E-state index in [1.807, 2.05) is 0 Å². The van der Waals surface area contributed by atoms with Crippen molar-refractivity contribution in [1.29, 1.82) is 0 Å². The summed E-state index contributed by atoms with van der Waals surface area (Å²) in [5.74, 6) is -0.957. The fourth-order valence-electron chi connectivity index (χ4n) is 1.13. The number of carboxylic acids is 1. The zero-order chi connectivity index (χ0) is 11.3. The van der Waals surface area contributed by atoms with Crippen LogP contribution in [-0.4, -0.2) is 29.3 Å². The summed E-state index contributed by atoms with van der Waals surface area (Å²) in [4.78, 5) is 10.7. The van der Waals surface area contributed by atoms with Crippen LogP contribution in [0.15, 0.2) is 22.7 Å². The van der Waals surface area contributed by atoms with Gasteiger partial charge in [0.15, 0.2) is 0 Å². The average Bonchev–Trinajstić information content (AvgIpc) is 2.17. The number of aromatic carboxylic acids is 1. The van der Waals surface area contributed by atoms with Gasteiger partial charge in [0.25, 0.3) is 0 Å². The van der Waals surface area contributed by atoms with Gasteiger partial charge < -0.3 is 15.5 Å². The van der Waals surface area contributed by atoms with Gasteiger partial charge in [-0.25, -0.2) is 4.79 Å². The van der Waals surface area contributed by atoms with Crippen molar-refractivity contribution in [3.05, 3.63) is 28.2 Å². The Kier molecular flexibility index (Phi) is 4.58. The van der Waals surface area contributed by atoms with E-state index in [2.05, 4.69) is 21.2 Å². The molecule has 0 saturated carbocycles. The van der Waals surface area contributed by atoms with Crippen LogP contribution in [0.5, 0.6) is 0 Å². The molecule has 5 heteroatoms. The predicted molar refractivity (Wildman–Crippen MR) is 61.3 cm³/mol. The highest BCUT2D eigenvalue weighted by Crippen LogP contribution is 2.19. The molecule has 0 heterocycles. The Balaban J connectivity index is 2.75. The maximum absolute atomic E-state index is 10.7. The van der Waals surface area contributed by atoms with Gasteiger partial charge in [-0.15, -0.1) is 0 Å². The van der Waals surface area contributed by atoms with E-state index >= 15 is 0 Å². The monoisotopic (exact) mass is 273 g/mol. The standard InChI is InChI=1S/C10H12BrNO3/c11-8-4-7(10(14)15)5-9(6-8)12-2-1-3-13/h4-6,12-13H,1-3H2,(H,14,15). The molecule has 0 aliphatic heterocycles. The average molecular weight is 274 g/mol. The number of anilines is 1. The van der Waals surface area contributed by atoms with E-state index in [0.29, 0.717) is 17.4 Å². The minimum absolute atomic E-state index is 0.118. The number of nitrogens with one attached hydrogen (secondary N) is 1. The van der Waals surface area contributed by atoms with Crippen LogP contribution in [0.25, 0.3) is 0 Å². The number of aliphatic hydroxyl groups is 1. The van der Waals surface area contributed by atoms with Crippen LogP contribution in [-0.2, 0) is 0 Å². The Morgan fingerprint density at radius 1 is 1.40 bits per heavy atom. The molecule has 0 saturated heterocycles. The largest absolute Gasteiger partial charge is 0.478 e. The van der Waals surface area contributed by atoms with Crippen LogP contribution in [0, 0.1) is 0 Å². The zero-order valence-corrected chi connectivity index (χ0v) is 9.62.